The van der Waals surface area contributed by atoms with Crippen molar-refractivity contribution in [2.75, 3.05) is 0 Å². The number of hydrogen-bond donors (Lipinski definition) is 0. The molecule has 1 unspecified atom stereocenters. The van der Waals surface area contributed by atoms with Gasteiger partial charge in [-0.05, 0) is 18.3 Å². The first kappa shape index (κ1) is 21.0. The molecule has 0 heterocycles. The van der Waals surface area contributed by atoms with Crippen LogP contribution in [0.25, 0.3) is 0 Å². The van der Waals surface area contributed by atoms with Crippen LogP contribution in [-0.4, -0.2) is 39.3 Å². The Balaban J connectivity index is 5.58. The van der Waals surface area contributed by atoms with Gasteiger partial charge >= 0.3 is 27.1 Å². The maximum Gasteiger partial charge on any atom is 0.422 e. The van der Waals surface area contributed by atoms with Crippen molar-refractivity contribution in [2.45, 2.75) is 37.7 Å². The predicted molar refractivity (Wildman–Crippen MR) is 59.7 cm³/mol. The molecule has 22 heavy (non-hydrogen) atoms. The highest BCUT2D eigenvalue weighted by Gasteiger charge is 2.61. The van der Waals surface area contributed by atoms with Crippen LogP contribution in [0.1, 0.15) is 6.92 Å². The topological polar surface area (TPSA) is 18.5 Å². The zero-order valence-corrected chi connectivity index (χ0v) is 11.9. The van der Waals surface area contributed by atoms with Crippen molar-refractivity contribution in [2.24, 2.45) is 0 Å². The smallest absolute Gasteiger partial charge is 0.376 e. The Morgan fingerprint density at radius 3 is 1.36 bits per heavy atom. The van der Waals surface area contributed by atoms with Crippen LogP contribution in [0.15, 0.2) is 24.6 Å². The quantitative estimate of drug-likeness (QED) is 0.517. The Labute approximate surface area is 120 Å². The van der Waals surface area contributed by atoms with Crippen LogP contribution in [0.2, 0.25) is 0 Å². The molecule has 0 aromatic heterocycles. The minimum atomic E-state index is -5.90. The summed E-state index contributed by atoms with van der Waals surface area (Å²) in [4.78, 5) is 0. The zero-order valence-electron chi connectivity index (χ0n) is 10.9. The largest absolute Gasteiger partial charge is 0.422 e. The lowest BCUT2D eigenvalue weighted by atomic mass is 10.3. The summed E-state index contributed by atoms with van der Waals surface area (Å²) in [7, 11) is -4.83. The second-order valence-corrected chi connectivity index (χ2v) is 6.74. The number of rotatable bonds is 6. The standard InChI is InChI=1S/C10H11F9O2Si/c1-4-22(5-2,20-6(3)8(11,12)13)21-7(9(14,15)16)10(17,18)19/h4-7H,1-2H2,3H3. The average Bonchev–Trinajstić information content (AvgIpc) is 2.30. The van der Waals surface area contributed by atoms with Crippen molar-refractivity contribution in [3.63, 3.8) is 0 Å². The van der Waals surface area contributed by atoms with E-state index in [1.54, 1.807) is 0 Å². The summed E-state index contributed by atoms with van der Waals surface area (Å²) in [5.41, 5.74) is 0.708. The Morgan fingerprint density at radius 2 is 1.14 bits per heavy atom. The average molecular weight is 362 g/mol. The molecule has 1 atom stereocenters. The Hall–Kier alpha value is -1.01. The van der Waals surface area contributed by atoms with Gasteiger partial charge in [-0.3, -0.25) is 0 Å². The third kappa shape index (κ3) is 5.65. The van der Waals surface area contributed by atoms with Crippen LogP contribution in [-0.2, 0) is 8.85 Å². The molecule has 0 aliphatic heterocycles. The van der Waals surface area contributed by atoms with Crippen LogP contribution in [0.3, 0.4) is 0 Å². The van der Waals surface area contributed by atoms with E-state index in [2.05, 4.69) is 22.0 Å². The second-order valence-electron chi connectivity index (χ2n) is 4.01. The summed E-state index contributed by atoms with van der Waals surface area (Å²) in [5, 5.41) is 0. The Kier molecular flexibility index (Phi) is 6.32. The number of hydrogen-bond acceptors (Lipinski definition) is 2. The van der Waals surface area contributed by atoms with E-state index in [9.17, 15) is 39.5 Å². The fraction of sp³-hybridized carbons (Fsp3) is 0.600. The summed E-state index contributed by atoms with van der Waals surface area (Å²) >= 11 is 0. The molecular formula is C10H11F9O2Si. The Morgan fingerprint density at radius 1 is 0.773 bits per heavy atom. The van der Waals surface area contributed by atoms with Crippen LogP contribution in [0, 0.1) is 0 Å². The molecule has 0 bridgehead atoms. The van der Waals surface area contributed by atoms with Gasteiger partial charge < -0.3 is 8.85 Å². The molecule has 0 fully saturated rings. The third-order valence-corrected chi connectivity index (χ3v) is 4.75. The lowest BCUT2D eigenvalue weighted by molar-refractivity contribution is -0.306. The molecule has 0 saturated carbocycles. The predicted octanol–water partition coefficient (Wildman–Crippen LogP) is 4.36. The minimum absolute atomic E-state index is 0.354. The molecule has 0 amide bonds. The molecule has 0 aliphatic carbocycles. The van der Waals surface area contributed by atoms with Crippen molar-refractivity contribution >= 4 is 8.56 Å². The van der Waals surface area contributed by atoms with E-state index < -0.39 is 39.3 Å². The van der Waals surface area contributed by atoms with Gasteiger partial charge in [0.2, 0.25) is 6.10 Å². The highest BCUT2D eigenvalue weighted by Crippen LogP contribution is 2.38. The molecule has 12 heteroatoms. The van der Waals surface area contributed by atoms with Gasteiger partial charge in [-0.15, -0.1) is 13.2 Å². The van der Waals surface area contributed by atoms with Crippen LogP contribution in [0.5, 0.6) is 0 Å². The first-order valence-electron chi connectivity index (χ1n) is 5.42. The molecule has 0 radical (unpaired) electrons. The molecule has 0 aliphatic rings. The number of halogens is 9. The van der Waals surface area contributed by atoms with E-state index in [0.29, 0.717) is 18.3 Å². The van der Waals surface area contributed by atoms with E-state index in [4.69, 9.17) is 0 Å². The number of alkyl halides is 9. The van der Waals surface area contributed by atoms with E-state index in [-0.39, 0.29) is 0 Å². The fourth-order valence-corrected chi connectivity index (χ4v) is 3.08. The van der Waals surface area contributed by atoms with Gasteiger partial charge in [0.05, 0.1) is 0 Å². The lowest BCUT2D eigenvalue weighted by Crippen LogP contribution is -2.55. The van der Waals surface area contributed by atoms with Gasteiger partial charge in [0.1, 0.15) is 6.10 Å². The van der Waals surface area contributed by atoms with Crippen molar-refractivity contribution in [1.29, 1.82) is 0 Å². The monoisotopic (exact) mass is 362 g/mol. The maximum absolute atomic E-state index is 12.4. The molecule has 0 saturated heterocycles. The van der Waals surface area contributed by atoms with Crippen molar-refractivity contribution in [1.82, 2.24) is 0 Å². The second kappa shape index (κ2) is 6.62. The van der Waals surface area contributed by atoms with Gasteiger partial charge in [0, 0.05) is 0 Å². The van der Waals surface area contributed by atoms with Crippen molar-refractivity contribution in [3.05, 3.63) is 24.6 Å². The molecule has 130 valence electrons. The van der Waals surface area contributed by atoms with Gasteiger partial charge in [0.25, 0.3) is 0 Å². The third-order valence-electron chi connectivity index (χ3n) is 2.29. The fourth-order valence-electron chi connectivity index (χ4n) is 1.15. The van der Waals surface area contributed by atoms with E-state index in [1.165, 1.54) is 0 Å². The van der Waals surface area contributed by atoms with Crippen LogP contribution >= 0.6 is 0 Å². The summed E-state index contributed by atoms with van der Waals surface area (Å²) in [6.07, 6.45) is -23.8. The lowest BCUT2D eigenvalue weighted by Gasteiger charge is -2.34. The van der Waals surface area contributed by atoms with E-state index in [1.807, 2.05) is 0 Å². The zero-order chi connectivity index (χ0) is 18.0. The van der Waals surface area contributed by atoms with Gasteiger partial charge in [-0.2, -0.15) is 39.5 Å². The van der Waals surface area contributed by atoms with E-state index >= 15 is 0 Å². The SMILES string of the molecule is C=C[Si](C=C)(OC(C)C(F)(F)F)OC(C(F)(F)F)C(F)(F)F. The normalized spacial score (nSPS) is 15.8. The van der Waals surface area contributed by atoms with Gasteiger partial charge in [0.15, 0.2) is 0 Å². The Bertz CT molecular complexity index is 377. The van der Waals surface area contributed by atoms with Crippen LogP contribution < -0.4 is 0 Å². The van der Waals surface area contributed by atoms with E-state index in [0.717, 1.165) is 0 Å². The first-order chi connectivity index (χ1) is 9.59. The summed E-state index contributed by atoms with van der Waals surface area (Å²) in [5.74, 6) is 0. The van der Waals surface area contributed by atoms with Gasteiger partial charge in [-0.1, -0.05) is 0 Å². The van der Waals surface area contributed by atoms with Gasteiger partial charge in [-0.25, -0.2) is 0 Å². The molecule has 0 N–H and O–H groups in total. The summed E-state index contributed by atoms with van der Waals surface area (Å²) in [6, 6.07) is 0. The molecular weight excluding hydrogens is 351 g/mol. The molecule has 0 aromatic carbocycles. The van der Waals surface area contributed by atoms with Crippen LogP contribution in [0.4, 0.5) is 39.5 Å². The van der Waals surface area contributed by atoms with Crippen molar-refractivity contribution in [3.8, 4) is 0 Å². The molecule has 0 aromatic rings. The molecule has 2 nitrogen and oxygen atoms in total. The highest BCUT2D eigenvalue weighted by molar-refractivity contribution is 6.77. The highest BCUT2D eigenvalue weighted by atomic mass is 28.4. The maximum atomic E-state index is 12.4. The van der Waals surface area contributed by atoms with Crippen molar-refractivity contribution < 1.29 is 48.4 Å². The molecule has 0 spiro atoms. The summed E-state index contributed by atoms with van der Waals surface area (Å²) in [6.45, 7) is 6.20. The molecule has 0 rings (SSSR count). The summed E-state index contributed by atoms with van der Waals surface area (Å²) < 4.78 is 120. The minimum Gasteiger partial charge on any atom is -0.376 e. The first-order valence-corrected chi connectivity index (χ1v) is 7.39.